The molecule has 1 aromatic heterocycles. The van der Waals surface area contributed by atoms with Gasteiger partial charge in [0.05, 0.1) is 42.0 Å². The lowest BCUT2D eigenvalue weighted by atomic mass is 10.0. The maximum Gasteiger partial charge on any atom is 0.247 e. The van der Waals surface area contributed by atoms with Gasteiger partial charge < -0.3 is 41.6 Å². The molecule has 0 aliphatic carbocycles. The van der Waals surface area contributed by atoms with E-state index in [1.165, 1.54) is 4.90 Å². The molecule has 1 aliphatic heterocycles. The number of ether oxygens (including phenoxy) is 2. The molecule has 1 aromatic carbocycles. The van der Waals surface area contributed by atoms with Crippen molar-refractivity contribution in [2.75, 3.05) is 51.8 Å². The summed E-state index contributed by atoms with van der Waals surface area (Å²) in [4.78, 5) is 47.4. The molecule has 3 rings (SSSR count). The van der Waals surface area contributed by atoms with Gasteiger partial charge in [-0.1, -0.05) is 37.1 Å². The average molecular weight is 693 g/mol. The number of unbranched alkanes of at least 4 members (excludes halogenated alkanes) is 3. The lowest BCUT2D eigenvalue weighted by molar-refractivity contribution is -0.142. The van der Waals surface area contributed by atoms with Crippen LogP contribution in [0.1, 0.15) is 57.2 Å². The van der Waals surface area contributed by atoms with Crippen LogP contribution in [0.15, 0.2) is 29.8 Å². The molecule has 2 heterocycles. The first-order chi connectivity index (χ1) is 22.6. The number of carbonyl (C=O) groups excluding carboxylic acids is 3. The van der Waals surface area contributed by atoms with E-state index in [9.17, 15) is 19.5 Å². The summed E-state index contributed by atoms with van der Waals surface area (Å²) >= 11 is 3.18. The van der Waals surface area contributed by atoms with Gasteiger partial charge in [0.25, 0.3) is 0 Å². The number of aromatic nitrogens is 1. The van der Waals surface area contributed by atoms with Gasteiger partial charge in [0, 0.05) is 30.8 Å². The molecule has 1 unspecified atom stereocenters. The van der Waals surface area contributed by atoms with Crippen molar-refractivity contribution < 1.29 is 29.0 Å². The number of β-amino-alcohol motifs (C(OH)–C–C–N with tert-alkyl or cyclic N) is 1. The van der Waals surface area contributed by atoms with E-state index >= 15 is 0 Å². The molecule has 0 bridgehead atoms. The Labute approximate surface area is 286 Å². The first-order valence-corrected chi connectivity index (χ1v) is 18.2. The normalized spacial score (nSPS) is 17.1. The minimum absolute atomic E-state index is 0.000997. The highest BCUT2D eigenvalue weighted by Gasteiger charge is 2.46. The Morgan fingerprint density at radius 2 is 1.81 bits per heavy atom. The van der Waals surface area contributed by atoms with Crippen LogP contribution >= 0.6 is 23.1 Å². The second-order valence-electron chi connectivity index (χ2n) is 12.2. The Bertz CT molecular complexity index is 1260. The van der Waals surface area contributed by atoms with Crippen molar-refractivity contribution in [3.05, 3.63) is 41.0 Å². The van der Waals surface area contributed by atoms with Crippen LogP contribution in [0.4, 0.5) is 0 Å². The van der Waals surface area contributed by atoms with Crippen molar-refractivity contribution in [1.29, 1.82) is 0 Å². The summed E-state index contributed by atoms with van der Waals surface area (Å²) in [6, 6.07) is 6.08. The Morgan fingerprint density at radius 1 is 1.09 bits per heavy atom. The van der Waals surface area contributed by atoms with Crippen LogP contribution < -0.4 is 22.1 Å². The Morgan fingerprint density at radius 3 is 2.49 bits per heavy atom. The zero-order chi connectivity index (χ0) is 34.2. The van der Waals surface area contributed by atoms with Gasteiger partial charge in [-0.25, -0.2) is 4.98 Å². The number of thioether (sulfide) groups is 1. The Balaban J connectivity index is 1.66. The topological polar surface area (TPSA) is 182 Å². The number of benzene rings is 1. The molecular formula is C33H52N6O6S2. The number of aliphatic hydroxyl groups excluding tert-OH is 1. The maximum atomic E-state index is 14.2. The molecule has 2 aromatic rings. The lowest BCUT2D eigenvalue weighted by Crippen LogP contribution is -2.60. The Hall–Kier alpha value is -2.59. The second-order valence-corrected chi connectivity index (χ2v) is 14.8. The van der Waals surface area contributed by atoms with Crippen molar-refractivity contribution in [2.45, 2.75) is 82.4 Å². The zero-order valence-electron chi connectivity index (χ0n) is 27.9. The van der Waals surface area contributed by atoms with Gasteiger partial charge in [-0.3, -0.25) is 14.4 Å². The summed E-state index contributed by atoms with van der Waals surface area (Å²) in [6.45, 7) is 7.81. The largest absolute Gasteiger partial charge is 0.391 e. The number of hydrogen-bond donors (Lipinski definition) is 5. The van der Waals surface area contributed by atoms with Crippen LogP contribution in [0, 0.1) is 6.92 Å². The monoisotopic (exact) mass is 692 g/mol. The molecule has 0 saturated carbocycles. The summed E-state index contributed by atoms with van der Waals surface area (Å²) in [5.41, 5.74) is 15.8. The zero-order valence-corrected chi connectivity index (χ0v) is 29.5. The minimum atomic E-state index is -0.954. The smallest absolute Gasteiger partial charge is 0.247 e. The molecule has 262 valence electrons. The highest BCUT2D eigenvalue weighted by Crippen LogP contribution is 2.32. The molecule has 1 saturated heterocycles. The maximum absolute atomic E-state index is 14.2. The number of nitrogens with zero attached hydrogens (tertiary/aromatic N) is 2. The molecule has 47 heavy (non-hydrogen) atoms. The number of nitrogens with one attached hydrogen (secondary N) is 2. The molecular weight excluding hydrogens is 641 g/mol. The third-order valence-corrected chi connectivity index (χ3v) is 10.4. The molecule has 1 aliphatic rings. The highest BCUT2D eigenvalue weighted by atomic mass is 32.2. The molecule has 0 radical (unpaired) electrons. The average Bonchev–Trinajstić information content (AvgIpc) is 3.67. The van der Waals surface area contributed by atoms with Gasteiger partial charge in [0.15, 0.2) is 0 Å². The van der Waals surface area contributed by atoms with Gasteiger partial charge >= 0.3 is 0 Å². The van der Waals surface area contributed by atoms with Crippen molar-refractivity contribution in [2.24, 2.45) is 11.5 Å². The van der Waals surface area contributed by atoms with Crippen LogP contribution in [0.25, 0.3) is 10.4 Å². The van der Waals surface area contributed by atoms with Gasteiger partial charge in [-0.2, -0.15) is 11.8 Å². The second kappa shape index (κ2) is 20.0. The Kier molecular flexibility index (Phi) is 16.6. The summed E-state index contributed by atoms with van der Waals surface area (Å²) in [6.07, 6.45) is 3.25. The van der Waals surface area contributed by atoms with Crippen LogP contribution in [-0.4, -0.2) is 107 Å². The number of nitrogens with two attached hydrogens (primary N) is 2. The highest BCUT2D eigenvalue weighted by molar-refractivity contribution is 8.00. The number of carbonyl (C=O) groups is 3. The number of thiazole rings is 1. The number of rotatable bonds is 21. The fraction of sp³-hybridized carbons (Fsp3) is 0.636. The molecule has 14 heteroatoms. The van der Waals surface area contributed by atoms with E-state index in [1.807, 2.05) is 50.5 Å². The standard InChI is InChI=1S/C33H52N6O6S2/c1-23-29(46-22-37-23)25-10-8-24(9-11-25)19-36-31(42)27-18-26(40)20-39(27)32(43)30(33(2,3)47-17-7-5-4-6-12-34)38-28(41)21-45-16-15-44-14-13-35/h8-11,22,26-27,30,40H,4-7,12-21,34-35H2,1-3H3,(H,36,42)(H,38,41)/t26-,27+,30?/m1/s1. The van der Waals surface area contributed by atoms with Crippen LogP contribution in [0.3, 0.4) is 0 Å². The van der Waals surface area contributed by atoms with E-state index in [-0.39, 0.29) is 38.6 Å². The fourth-order valence-electron chi connectivity index (χ4n) is 5.35. The first-order valence-electron chi connectivity index (χ1n) is 16.3. The number of aryl methyl sites for hydroxylation is 1. The van der Waals surface area contributed by atoms with Crippen LogP contribution in [0.5, 0.6) is 0 Å². The van der Waals surface area contributed by atoms with Crippen molar-refractivity contribution in [1.82, 2.24) is 20.5 Å². The van der Waals surface area contributed by atoms with E-state index in [0.29, 0.717) is 26.3 Å². The summed E-state index contributed by atoms with van der Waals surface area (Å²) in [5.74, 6) is -0.420. The van der Waals surface area contributed by atoms with E-state index in [4.69, 9.17) is 20.9 Å². The molecule has 0 spiro atoms. The van der Waals surface area contributed by atoms with E-state index in [1.54, 1.807) is 23.1 Å². The number of aliphatic hydroxyl groups is 1. The van der Waals surface area contributed by atoms with Crippen molar-refractivity contribution in [3.8, 4) is 10.4 Å². The molecule has 12 nitrogen and oxygen atoms in total. The predicted octanol–water partition coefficient (Wildman–Crippen LogP) is 2.20. The summed E-state index contributed by atoms with van der Waals surface area (Å²) in [5, 5.41) is 16.4. The number of likely N-dealkylation sites (tertiary alicyclic amines) is 1. The quantitative estimate of drug-likeness (QED) is 0.122. The molecule has 3 amide bonds. The molecule has 7 N–H and O–H groups in total. The third-order valence-electron chi connectivity index (χ3n) is 7.98. The van der Waals surface area contributed by atoms with E-state index in [2.05, 4.69) is 15.6 Å². The van der Waals surface area contributed by atoms with Gasteiger partial charge in [0.1, 0.15) is 18.7 Å². The third kappa shape index (κ3) is 12.4. The van der Waals surface area contributed by atoms with Gasteiger partial charge in [-0.15, -0.1) is 11.3 Å². The predicted molar refractivity (Wildman–Crippen MR) is 187 cm³/mol. The fourth-order valence-corrected chi connectivity index (χ4v) is 7.37. The van der Waals surface area contributed by atoms with Gasteiger partial charge in [-0.05, 0) is 57.0 Å². The van der Waals surface area contributed by atoms with Crippen molar-refractivity contribution >= 4 is 40.8 Å². The van der Waals surface area contributed by atoms with Crippen LogP contribution in [0.2, 0.25) is 0 Å². The van der Waals surface area contributed by atoms with Gasteiger partial charge in [0.2, 0.25) is 17.7 Å². The molecule has 3 atom stereocenters. The summed E-state index contributed by atoms with van der Waals surface area (Å²) in [7, 11) is 0. The SMILES string of the molecule is Cc1ncsc1-c1ccc(CNC(=O)[C@@H]2C[C@@H](O)CN2C(=O)C(NC(=O)COCCOCCN)C(C)(C)SCCCCCCN)cc1. The summed E-state index contributed by atoms with van der Waals surface area (Å²) < 4.78 is 10.0. The van der Waals surface area contributed by atoms with E-state index < -0.39 is 34.7 Å². The number of amides is 3. The van der Waals surface area contributed by atoms with E-state index in [0.717, 1.165) is 53.1 Å². The number of hydrogen-bond acceptors (Lipinski definition) is 11. The lowest BCUT2D eigenvalue weighted by Gasteiger charge is -2.37. The molecule has 1 fully saturated rings. The van der Waals surface area contributed by atoms with Crippen LogP contribution in [-0.2, 0) is 30.4 Å². The minimum Gasteiger partial charge on any atom is -0.391 e. The van der Waals surface area contributed by atoms with Crippen molar-refractivity contribution in [3.63, 3.8) is 0 Å². The first kappa shape index (κ1) is 38.9.